The van der Waals surface area contributed by atoms with Crippen LogP contribution < -0.4 is 5.73 Å². The summed E-state index contributed by atoms with van der Waals surface area (Å²) in [6, 6.07) is 4.61. The SMILES string of the molecule is CCN1CCN(C(=O)c2ccc(O)c(N)c2)CC1. The zero-order valence-corrected chi connectivity index (χ0v) is 10.6. The zero-order chi connectivity index (χ0) is 13.1. The Morgan fingerprint density at radius 3 is 2.56 bits per heavy atom. The van der Waals surface area contributed by atoms with Gasteiger partial charge in [0.05, 0.1) is 5.69 Å². The molecule has 1 aromatic rings. The second kappa shape index (κ2) is 5.27. The van der Waals surface area contributed by atoms with Crippen molar-refractivity contribution in [1.82, 2.24) is 9.80 Å². The molecule has 0 radical (unpaired) electrons. The minimum absolute atomic E-state index is 0.0161. The molecule has 1 saturated heterocycles. The van der Waals surface area contributed by atoms with E-state index in [2.05, 4.69) is 11.8 Å². The second-order valence-electron chi connectivity index (χ2n) is 4.50. The third-order valence-corrected chi connectivity index (χ3v) is 3.38. The molecule has 1 amide bonds. The van der Waals surface area contributed by atoms with Crippen LogP contribution in [0.15, 0.2) is 18.2 Å². The fourth-order valence-electron chi connectivity index (χ4n) is 2.14. The molecule has 1 fully saturated rings. The molecule has 0 aliphatic carbocycles. The number of hydrogen-bond acceptors (Lipinski definition) is 4. The molecule has 98 valence electrons. The number of carbonyl (C=O) groups excluding carboxylic acids is 1. The lowest BCUT2D eigenvalue weighted by Gasteiger charge is -2.34. The van der Waals surface area contributed by atoms with E-state index in [9.17, 15) is 9.90 Å². The normalized spacial score (nSPS) is 16.8. The summed E-state index contributed by atoms with van der Waals surface area (Å²) in [5.41, 5.74) is 6.38. The van der Waals surface area contributed by atoms with Gasteiger partial charge in [-0.1, -0.05) is 6.92 Å². The van der Waals surface area contributed by atoms with Crippen LogP contribution in [0.2, 0.25) is 0 Å². The van der Waals surface area contributed by atoms with Crippen molar-refractivity contribution in [2.24, 2.45) is 0 Å². The molecule has 0 unspecified atom stereocenters. The van der Waals surface area contributed by atoms with Gasteiger partial charge in [0.15, 0.2) is 0 Å². The first kappa shape index (κ1) is 12.7. The van der Waals surface area contributed by atoms with Crippen LogP contribution >= 0.6 is 0 Å². The lowest BCUT2D eigenvalue weighted by atomic mass is 10.1. The lowest BCUT2D eigenvalue weighted by Crippen LogP contribution is -2.48. The number of nitrogens with two attached hydrogens (primary N) is 1. The van der Waals surface area contributed by atoms with Crippen molar-refractivity contribution < 1.29 is 9.90 Å². The molecule has 3 N–H and O–H groups in total. The highest BCUT2D eigenvalue weighted by Crippen LogP contribution is 2.21. The van der Waals surface area contributed by atoms with E-state index in [4.69, 9.17) is 5.73 Å². The number of benzene rings is 1. The van der Waals surface area contributed by atoms with Gasteiger partial charge in [0, 0.05) is 31.7 Å². The predicted molar refractivity (Wildman–Crippen MR) is 70.5 cm³/mol. The van der Waals surface area contributed by atoms with Crippen LogP contribution in [0, 0.1) is 0 Å². The number of hydrogen-bond donors (Lipinski definition) is 2. The van der Waals surface area contributed by atoms with E-state index in [-0.39, 0.29) is 17.3 Å². The molecule has 1 heterocycles. The highest BCUT2D eigenvalue weighted by Gasteiger charge is 2.21. The summed E-state index contributed by atoms with van der Waals surface area (Å²) in [5, 5.41) is 9.35. The monoisotopic (exact) mass is 249 g/mol. The van der Waals surface area contributed by atoms with Gasteiger partial charge in [0.1, 0.15) is 5.75 Å². The molecule has 1 aliphatic heterocycles. The number of nitrogen functional groups attached to an aromatic ring is 1. The molecule has 0 atom stereocenters. The van der Waals surface area contributed by atoms with Crippen LogP contribution in [0.3, 0.4) is 0 Å². The summed E-state index contributed by atoms with van der Waals surface area (Å²) in [5.74, 6) is -0.000180. The van der Waals surface area contributed by atoms with Gasteiger partial charge in [-0.3, -0.25) is 4.79 Å². The van der Waals surface area contributed by atoms with Gasteiger partial charge in [-0.2, -0.15) is 0 Å². The first-order valence-corrected chi connectivity index (χ1v) is 6.22. The van der Waals surface area contributed by atoms with E-state index < -0.39 is 0 Å². The summed E-state index contributed by atoms with van der Waals surface area (Å²) >= 11 is 0. The quantitative estimate of drug-likeness (QED) is 0.599. The Bertz CT molecular complexity index is 440. The molecule has 5 heteroatoms. The van der Waals surface area contributed by atoms with Gasteiger partial charge in [0.2, 0.25) is 0 Å². The Morgan fingerprint density at radius 1 is 1.33 bits per heavy atom. The summed E-state index contributed by atoms with van der Waals surface area (Å²) in [6.45, 7) is 6.46. The maximum atomic E-state index is 12.2. The maximum absolute atomic E-state index is 12.2. The molecule has 1 aromatic carbocycles. The smallest absolute Gasteiger partial charge is 0.254 e. The second-order valence-corrected chi connectivity index (χ2v) is 4.50. The van der Waals surface area contributed by atoms with Gasteiger partial charge < -0.3 is 20.6 Å². The number of rotatable bonds is 2. The van der Waals surface area contributed by atoms with Gasteiger partial charge in [-0.25, -0.2) is 0 Å². The van der Waals surface area contributed by atoms with Crippen molar-refractivity contribution in [1.29, 1.82) is 0 Å². The van der Waals surface area contributed by atoms with Crippen molar-refractivity contribution in [2.45, 2.75) is 6.92 Å². The fourth-order valence-corrected chi connectivity index (χ4v) is 2.14. The average molecular weight is 249 g/mol. The molecule has 0 spiro atoms. The van der Waals surface area contributed by atoms with Crippen molar-refractivity contribution >= 4 is 11.6 Å². The number of piperazine rings is 1. The number of carbonyl (C=O) groups is 1. The lowest BCUT2D eigenvalue weighted by molar-refractivity contribution is 0.0643. The molecule has 0 saturated carbocycles. The number of nitrogens with zero attached hydrogens (tertiary/aromatic N) is 2. The molecule has 1 aliphatic rings. The van der Waals surface area contributed by atoms with Crippen molar-refractivity contribution in [2.75, 3.05) is 38.5 Å². The minimum atomic E-state index is -0.0162. The van der Waals surface area contributed by atoms with Gasteiger partial charge in [0.25, 0.3) is 5.91 Å². The van der Waals surface area contributed by atoms with E-state index >= 15 is 0 Å². The number of aromatic hydroxyl groups is 1. The fraction of sp³-hybridized carbons (Fsp3) is 0.462. The van der Waals surface area contributed by atoms with Gasteiger partial charge in [-0.15, -0.1) is 0 Å². The number of anilines is 1. The number of likely N-dealkylation sites (N-methyl/N-ethyl adjacent to an activating group) is 1. The Labute approximate surface area is 107 Å². The highest BCUT2D eigenvalue weighted by atomic mass is 16.3. The third kappa shape index (κ3) is 2.56. The Morgan fingerprint density at radius 2 is 2.00 bits per heavy atom. The van der Waals surface area contributed by atoms with Crippen LogP contribution in [0.5, 0.6) is 5.75 Å². The summed E-state index contributed by atoms with van der Waals surface area (Å²) in [7, 11) is 0. The summed E-state index contributed by atoms with van der Waals surface area (Å²) in [4.78, 5) is 16.4. The Balaban J connectivity index is 2.05. The largest absolute Gasteiger partial charge is 0.506 e. The number of amides is 1. The summed E-state index contributed by atoms with van der Waals surface area (Å²) in [6.07, 6.45) is 0. The Hall–Kier alpha value is -1.75. The van der Waals surface area contributed by atoms with Crippen LogP contribution in [-0.2, 0) is 0 Å². The highest BCUT2D eigenvalue weighted by molar-refractivity contribution is 5.95. The standard InChI is InChI=1S/C13H19N3O2/c1-2-15-5-7-16(8-6-15)13(18)10-3-4-12(17)11(14)9-10/h3-4,9,17H,2,5-8,14H2,1H3. The van der Waals surface area contributed by atoms with E-state index in [1.165, 1.54) is 12.1 Å². The first-order valence-electron chi connectivity index (χ1n) is 6.22. The molecular formula is C13H19N3O2. The van der Waals surface area contributed by atoms with Gasteiger partial charge >= 0.3 is 0 Å². The van der Waals surface area contributed by atoms with E-state index in [0.29, 0.717) is 5.56 Å². The zero-order valence-electron chi connectivity index (χ0n) is 10.6. The molecular weight excluding hydrogens is 230 g/mol. The maximum Gasteiger partial charge on any atom is 0.254 e. The average Bonchev–Trinajstić information content (AvgIpc) is 2.41. The topological polar surface area (TPSA) is 69.8 Å². The van der Waals surface area contributed by atoms with Crippen LogP contribution in [0.25, 0.3) is 0 Å². The minimum Gasteiger partial charge on any atom is -0.506 e. The van der Waals surface area contributed by atoms with Gasteiger partial charge in [-0.05, 0) is 24.7 Å². The first-order chi connectivity index (χ1) is 8.61. The van der Waals surface area contributed by atoms with Crippen molar-refractivity contribution in [3.8, 4) is 5.75 Å². The molecule has 5 nitrogen and oxygen atoms in total. The number of phenolic OH excluding ortho intramolecular Hbond substituents is 1. The molecule has 2 rings (SSSR count). The molecule has 18 heavy (non-hydrogen) atoms. The van der Waals surface area contributed by atoms with Crippen LogP contribution in [0.1, 0.15) is 17.3 Å². The van der Waals surface area contributed by atoms with Crippen molar-refractivity contribution in [3.05, 3.63) is 23.8 Å². The number of phenols is 1. The predicted octanol–water partition coefficient (Wildman–Crippen LogP) is 0.752. The third-order valence-electron chi connectivity index (χ3n) is 3.38. The molecule has 0 bridgehead atoms. The van der Waals surface area contributed by atoms with Crippen molar-refractivity contribution in [3.63, 3.8) is 0 Å². The van der Waals surface area contributed by atoms with Crippen LogP contribution in [-0.4, -0.2) is 53.5 Å². The van der Waals surface area contributed by atoms with E-state index in [1.807, 2.05) is 4.90 Å². The summed E-state index contributed by atoms with van der Waals surface area (Å²) < 4.78 is 0. The van der Waals surface area contributed by atoms with E-state index in [1.54, 1.807) is 6.07 Å². The molecule has 0 aromatic heterocycles. The Kier molecular flexibility index (Phi) is 3.72. The van der Waals surface area contributed by atoms with Crippen LogP contribution in [0.4, 0.5) is 5.69 Å². The van der Waals surface area contributed by atoms with E-state index in [0.717, 1.165) is 32.7 Å².